The van der Waals surface area contributed by atoms with E-state index in [-0.39, 0.29) is 5.69 Å². The summed E-state index contributed by atoms with van der Waals surface area (Å²) in [6, 6.07) is 19.8. The maximum Gasteiger partial charge on any atom is 0.269 e. The molecule has 0 radical (unpaired) electrons. The van der Waals surface area contributed by atoms with E-state index >= 15 is 0 Å². The van der Waals surface area contributed by atoms with Gasteiger partial charge in [-0.3, -0.25) is 15.5 Å². The summed E-state index contributed by atoms with van der Waals surface area (Å²) < 4.78 is 7.69. The second-order valence-corrected chi connectivity index (χ2v) is 8.14. The van der Waals surface area contributed by atoms with E-state index in [0.29, 0.717) is 12.4 Å². The number of nitrogens with one attached hydrogen (secondary N) is 1. The Morgan fingerprint density at radius 1 is 1.17 bits per heavy atom. The number of halogens is 1. The van der Waals surface area contributed by atoms with Crippen LogP contribution >= 0.6 is 27.3 Å². The molecular weight excluding hydrogens is 468 g/mol. The van der Waals surface area contributed by atoms with Gasteiger partial charge in [-0.2, -0.15) is 5.10 Å². The van der Waals surface area contributed by atoms with Crippen molar-refractivity contribution < 1.29 is 9.66 Å². The van der Waals surface area contributed by atoms with Crippen molar-refractivity contribution in [3.8, 4) is 5.75 Å². The number of benzene rings is 3. The van der Waals surface area contributed by atoms with Crippen LogP contribution in [0.4, 0.5) is 10.8 Å². The van der Waals surface area contributed by atoms with Crippen molar-refractivity contribution in [2.75, 3.05) is 5.43 Å². The Bertz CT molecular complexity index is 1190. The van der Waals surface area contributed by atoms with Crippen LogP contribution in [0.2, 0.25) is 0 Å². The second-order valence-electron chi connectivity index (χ2n) is 6.26. The molecule has 0 saturated heterocycles. The van der Waals surface area contributed by atoms with Gasteiger partial charge in [-0.25, -0.2) is 4.98 Å². The Balaban J connectivity index is 1.36. The summed E-state index contributed by atoms with van der Waals surface area (Å²) in [5.74, 6) is 0.671. The zero-order valence-electron chi connectivity index (χ0n) is 15.5. The van der Waals surface area contributed by atoms with Gasteiger partial charge in [-0.1, -0.05) is 23.5 Å². The summed E-state index contributed by atoms with van der Waals surface area (Å²) >= 11 is 5.05. The molecule has 4 aromatic rings. The van der Waals surface area contributed by atoms with Crippen LogP contribution in [-0.2, 0) is 6.61 Å². The molecule has 1 N–H and O–H groups in total. The molecule has 9 heteroatoms. The second kappa shape index (κ2) is 9.02. The van der Waals surface area contributed by atoms with Gasteiger partial charge in [0.05, 0.1) is 25.8 Å². The van der Waals surface area contributed by atoms with Crippen LogP contribution in [0, 0.1) is 10.1 Å². The van der Waals surface area contributed by atoms with E-state index in [1.807, 2.05) is 42.5 Å². The Hall–Kier alpha value is -3.30. The van der Waals surface area contributed by atoms with Crippen molar-refractivity contribution >= 4 is 54.5 Å². The smallest absolute Gasteiger partial charge is 0.269 e. The van der Waals surface area contributed by atoms with Crippen molar-refractivity contribution in [3.05, 3.63) is 92.4 Å². The summed E-state index contributed by atoms with van der Waals surface area (Å²) in [4.78, 5) is 14.8. The standard InChI is InChI=1S/C21H15BrN4O3S/c22-17-11-15(12-23-25-21-24-18-3-1-2-4-20(18)30-21)7-10-19(17)29-13-14-5-8-16(9-6-14)26(27)28/h1-12H,13H2,(H,24,25)/b23-12-. The van der Waals surface area contributed by atoms with Gasteiger partial charge in [0.15, 0.2) is 0 Å². The topological polar surface area (TPSA) is 89.7 Å². The number of para-hydroxylation sites is 1. The van der Waals surface area contributed by atoms with E-state index in [4.69, 9.17) is 4.74 Å². The van der Waals surface area contributed by atoms with Gasteiger partial charge in [0.1, 0.15) is 12.4 Å². The van der Waals surface area contributed by atoms with Gasteiger partial charge in [-0.05, 0) is 69.5 Å². The zero-order valence-corrected chi connectivity index (χ0v) is 17.9. The molecule has 150 valence electrons. The molecule has 7 nitrogen and oxygen atoms in total. The Morgan fingerprint density at radius 3 is 2.70 bits per heavy atom. The fourth-order valence-electron chi connectivity index (χ4n) is 2.67. The minimum atomic E-state index is -0.423. The summed E-state index contributed by atoms with van der Waals surface area (Å²) in [5, 5.41) is 15.7. The molecule has 0 bridgehead atoms. The summed E-state index contributed by atoms with van der Waals surface area (Å²) in [5.41, 5.74) is 5.69. The first-order chi connectivity index (χ1) is 14.6. The fourth-order valence-corrected chi connectivity index (χ4v) is 4.00. The molecule has 0 saturated carbocycles. The highest BCUT2D eigenvalue weighted by Crippen LogP contribution is 2.27. The van der Waals surface area contributed by atoms with E-state index in [0.717, 1.165) is 30.9 Å². The molecule has 0 aliphatic carbocycles. The lowest BCUT2D eigenvalue weighted by Crippen LogP contribution is -1.97. The average molecular weight is 483 g/mol. The van der Waals surface area contributed by atoms with Crippen LogP contribution in [0.1, 0.15) is 11.1 Å². The molecule has 0 aliphatic rings. The predicted octanol–water partition coefficient (Wildman–Crippen LogP) is 5.99. The number of fused-ring (bicyclic) bond motifs is 1. The fraction of sp³-hybridized carbons (Fsp3) is 0.0476. The number of aromatic nitrogens is 1. The molecule has 4 rings (SSSR count). The number of anilines is 1. The van der Waals surface area contributed by atoms with E-state index in [2.05, 4.69) is 31.4 Å². The SMILES string of the molecule is O=[N+]([O-])c1ccc(COc2ccc(/C=N\Nc3nc4ccccc4s3)cc2Br)cc1. The first-order valence-corrected chi connectivity index (χ1v) is 10.5. The number of ether oxygens (including phenoxy) is 1. The Kier molecular flexibility index (Phi) is 6.01. The van der Waals surface area contributed by atoms with Crippen LogP contribution in [0.25, 0.3) is 10.2 Å². The van der Waals surface area contributed by atoms with Crippen molar-refractivity contribution in [2.24, 2.45) is 5.10 Å². The number of nitrogens with zero attached hydrogens (tertiary/aromatic N) is 3. The maximum atomic E-state index is 10.7. The van der Waals surface area contributed by atoms with Crippen LogP contribution < -0.4 is 10.2 Å². The molecule has 0 unspecified atom stereocenters. The van der Waals surface area contributed by atoms with E-state index in [1.165, 1.54) is 12.1 Å². The van der Waals surface area contributed by atoms with Crippen LogP contribution in [0.3, 0.4) is 0 Å². The molecule has 1 aromatic heterocycles. The number of nitro benzene ring substituents is 1. The maximum absolute atomic E-state index is 10.7. The van der Waals surface area contributed by atoms with Crippen molar-refractivity contribution in [1.29, 1.82) is 0 Å². The average Bonchev–Trinajstić information content (AvgIpc) is 3.16. The van der Waals surface area contributed by atoms with Crippen molar-refractivity contribution in [1.82, 2.24) is 4.98 Å². The highest BCUT2D eigenvalue weighted by atomic mass is 79.9. The molecule has 1 heterocycles. The van der Waals surface area contributed by atoms with Gasteiger partial charge < -0.3 is 4.74 Å². The van der Waals surface area contributed by atoms with Gasteiger partial charge in [-0.15, -0.1) is 0 Å². The Morgan fingerprint density at radius 2 is 1.97 bits per heavy atom. The number of hydrogen-bond acceptors (Lipinski definition) is 7. The van der Waals surface area contributed by atoms with E-state index in [9.17, 15) is 10.1 Å². The molecule has 0 atom stereocenters. The third-order valence-electron chi connectivity index (χ3n) is 4.17. The first kappa shape index (κ1) is 20.0. The molecule has 0 spiro atoms. The predicted molar refractivity (Wildman–Crippen MR) is 122 cm³/mol. The molecule has 0 aliphatic heterocycles. The van der Waals surface area contributed by atoms with Crippen LogP contribution in [-0.4, -0.2) is 16.1 Å². The normalized spacial score (nSPS) is 11.1. The lowest BCUT2D eigenvalue weighted by Gasteiger charge is -2.09. The number of hydrogen-bond donors (Lipinski definition) is 1. The zero-order chi connectivity index (χ0) is 20.9. The van der Waals surface area contributed by atoms with E-state index < -0.39 is 4.92 Å². The minimum Gasteiger partial charge on any atom is -0.488 e. The quantitative estimate of drug-likeness (QED) is 0.198. The Labute approximate surface area is 184 Å². The molecule has 0 fully saturated rings. The van der Waals surface area contributed by atoms with Gasteiger partial charge in [0.25, 0.3) is 5.69 Å². The summed E-state index contributed by atoms with van der Waals surface area (Å²) in [7, 11) is 0. The van der Waals surface area contributed by atoms with E-state index in [1.54, 1.807) is 29.7 Å². The number of non-ortho nitro benzene ring substituents is 1. The van der Waals surface area contributed by atoms with Gasteiger partial charge in [0.2, 0.25) is 5.13 Å². The van der Waals surface area contributed by atoms with Gasteiger partial charge >= 0.3 is 0 Å². The molecule has 30 heavy (non-hydrogen) atoms. The van der Waals surface area contributed by atoms with Crippen LogP contribution in [0.5, 0.6) is 5.75 Å². The van der Waals surface area contributed by atoms with Crippen LogP contribution in [0.15, 0.2) is 76.3 Å². The number of hydrazone groups is 1. The van der Waals surface area contributed by atoms with Gasteiger partial charge in [0, 0.05) is 12.1 Å². The highest BCUT2D eigenvalue weighted by Gasteiger charge is 2.06. The molecule has 0 amide bonds. The first-order valence-electron chi connectivity index (χ1n) is 8.89. The van der Waals surface area contributed by atoms with Crippen molar-refractivity contribution in [2.45, 2.75) is 6.61 Å². The monoisotopic (exact) mass is 482 g/mol. The number of thiazole rings is 1. The third-order valence-corrected chi connectivity index (χ3v) is 5.73. The largest absolute Gasteiger partial charge is 0.488 e. The lowest BCUT2D eigenvalue weighted by molar-refractivity contribution is -0.384. The number of nitro groups is 1. The molecular formula is C21H15BrN4O3S. The van der Waals surface area contributed by atoms with Crippen molar-refractivity contribution in [3.63, 3.8) is 0 Å². The highest BCUT2D eigenvalue weighted by molar-refractivity contribution is 9.10. The summed E-state index contributed by atoms with van der Waals surface area (Å²) in [6.45, 7) is 0.309. The molecule has 3 aromatic carbocycles. The number of rotatable bonds is 7. The minimum absolute atomic E-state index is 0.0584. The summed E-state index contributed by atoms with van der Waals surface area (Å²) in [6.07, 6.45) is 1.71. The lowest BCUT2D eigenvalue weighted by atomic mass is 10.2. The third kappa shape index (κ3) is 4.81.